The van der Waals surface area contributed by atoms with E-state index in [9.17, 15) is 12.8 Å². The lowest BCUT2D eigenvalue weighted by Gasteiger charge is -2.29. The number of hydrogen-bond acceptors (Lipinski definition) is 4. The van der Waals surface area contributed by atoms with Crippen molar-refractivity contribution in [3.8, 4) is 0 Å². The zero-order valence-electron chi connectivity index (χ0n) is 16.5. The molecule has 1 aromatic carbocycles. The maximum absolute atomic E-state index is 13.2. The largest absolute Gasteiger partial charge is 0.357 e. The highest BCUT2D eigenvalue weighted by Gasteiger charge is 2.25. The van der Waals surface area contributed by atoms with Crippen molar-refractivity contribution in [3.63, 3.8) is 0 Å². The lowest BCUT2D eigenvalue weighted by molar-refractivity contribution is 0.573. The van der Waals surface area contributed by atoms with Crippen LogP contribution in [0.4, 0.5) is 15.9 Å². The summed E-state index contributed by atoms with van der Waals surface area (Å²) in [7, 11) is -3.53. The molecule has 7 heteroatoms. The Labute approximate surface area is 167 Å². The van der Waals surface area contributed by atoms with Gasteiger partial charge >= 0.3 is 0 Å². The summed E-state index contributed by atoms with van der Waals surface area (Å²) in [4.78, 5) is 6.77. The van der Waals surface area contributed by atoms with E-state index in [1.165, 1.54) is 22.9 Å². The lowest BCUT2D eigenvalue weighted by Crippen LogP contribution is -2.34. The Morgan fingerprint density at radius 3 is 2.32 bits per heavy atom. The number of sulfonamides is 1. The molecule has 1 aliphatic heterocycles. The normalized spacial score (nSPS) is 15.1. The molecule has 0 unspecified atom stereocenters. The van der Waals surface area contributed by atoms with E-state index in [0.717, 1.165) is 37.3 Å². The van der Waals surface area contributed by atoms with E-state index in [2.05, 4.69) is 9.88 Å². The Hall–Kier alpha value is -2.15. The summed E-state index contributed by atoms with van der Waals surface area (Å²) in [5.74, 6) is 0.586. The average molecular weight is 406 g/mol. The number of hydrogen-bond donors (Lipinski definition) is 0. The first-order chi connectivity index (χ1) is 13.3. The lowest BCUT2D eigenvalue weighted by atomic mass is 10.1. The molecule has 0 radical (unpaired) electrons. The molecule has 0 aliphatic carbocycles. The molecule has 0 N–H and O–H groups in total. The molecule has 1 fully saturated rings. The molecule has 0 spiro atoms. The Kier molecular flexibility index (Phi) is 6.54. The van der Waals surface area contributed by atoms with Gasteiger partial charge in [-0.25, -0.2) is 17.8 Å². The number of halogens is 1. The van der Waals surface area contributed by atoms with Crippen LogP contribution in [0.15, 0.2) is 42.6 Å². The van der Waals surface area contributed by atoms with E-state index >= 15 is 0 Å². The smallest absolute Gasteiger partial charge is 0.235 e. The molecule has 1 aliphatic rings. The number of benzene rings is 1. The third-order valence-electron chi connectivity index (χ3n) is 4.82. The third-order valence-corrected chi connectivity index (χ3v) is 6.92. The molecule has 0 bridgehead atoms. The van der Waals surface area contributed by atoms with Gasteiger partial charge in [0, 0.05) is 13.1 Å². The first kappa shape index (κ1) is 20.6. The summed E-state index contributed by atoms with van der Waals surface area (Å²) in [6, 6.07) is 9.63. The predicted octanol–water partition coefficient (Wildman–Crippen LogP) is 4.20. The Balaban J connectivity index is 1.88. The molecule has 2 heterocycles. The summed E-state index contributed by atoms with van der Waals surface area (Å²) in [6.07, 6.45) is 5.19. The van der Waals surface area contributed by atoms with Crippen LogP contribution >= 0.6 is 0 Å². The minimum absolute atomic E-state index is 0.00120. The molecule has 3 rings (SSSR count). The highest BCUT2D eigenvalue weighted by Crippen LogP contribution is 2.25. The first-order valence-corrected chi connectivity index (χ1v) is 11.4. The molecule has 28 heavy (non-hydrogen) atoms. The molecule has 5 nitrogen and oxygen atoms in total. The number of piperidine rings is 1. The molecule has 0 amide bonds. The van der Waals surface area contributed by atoms with Gasteiger partial charge in [-0.2, -0.15) is 0 Å². The van der Waals surface area contributed by atoms with Crippen LogP contribution in [-0.4, -0.2) is 32.2 Å². The van der Waals surface area contributed by atoms with Gasteiger partial charge in [-0.3, -0.25) is 4.31 Å². The van der Waals surface area contributed by atoms with Gasteiger partial charge in [0.2, 0.25) is 10.0 Å². The second-order valence-electron chi connectivity index (χ2n) is 7.73. The van der Waals surface area contributed by atoms with Gasteiger partial charge in [0.05, 0.1) is 24.2 Å². The zero-order chi connectivity index (χ0) is 20.1. The van der Waals surface area contributed by atoms with Crippen LogP contribution in [-0.2, 0) is 16.6 Å². The van der Waals surface area contributed by atoms with Crippen LogP contribution in [0.1, 0.15) is 38.7 Å². The average Bonchev–Trinajstić information content (AvgIpc) is 2.67. The van der Waals surface area contributed by atoms with Crippen LogP contribution in [0.2, 0.25) is 0 Å². The molecule has 0 saturated carbocycles. The highest BCUT2D eigenvalue weighted by molar-refractivity contribution is 7.92. The van der Waals surface area contributed by atoms with Crippen molar-refractivity contribution in [2.75, 3.05) is 28.0 Å². The molecule has 2 aromatic rings. The monoisotopic (exact) mass is 405 g/mol. The van der Waals surface area contributed by atoms with Crippen LogP contribution in [0.3, 0.4) is 0 Å². The third kappa shape index (κ3) is 5.22. The van der Waals surface area contributed by atoms with E-state index in [4.69, 9.17) is 0 Å². The Morgan fingerprint density at radius 2 is 1.75 bits per heavy atom. The van der Waals surface area contributed by atoms with Crippen molar-refractivity contribution in [3.05, 3.63) is 54.0 Å². The predicted molar refractivity (Wildman–Crippen MR) is 112 cm³/mol. The van der Waals surface area contributed by atoms with Crippen molar-refractivity contribution in [1.29, 1.82) is 0 Å². The van der Waals surface area contributed by atoms with E-state index in [0.29, 0.717) is 5.69 Å². The van der Waals surface area contributed by atoms with Crippen molar-refractivity contribution in [1.82, 2.24) is 4.98 Å². The quantitative estimate of drug-likeness (QED) is 0.693. The zero-order valence-corrected chi connectivity index (χ0v) is 17.3. The minimum Gasteiger partial charge on any atom is -0.357 e. The molecular formula is C21H28FN3O2S. The highest BCUT2D eigenvalue weighted by atomic mass is 32.2. The van der Waals surface area contributed by atoms with Gasteiger partial charge in [-0.05, 0) is 55.0 Å². The maximum Gasteiger partial charge on any atom is 0.235 e. The van der Waals surface area contributed by atoms with Crippen molar-refractivity contribution >= 4 is 21.5 Å². The Bertz CT molecular complexity index is 862. The summed E-state index contributed by atoms with van der Waals surface area (Å²) in [5.41, 5.74) is 1.26. The molecule has 1 aromatic heterocycles. The van der Waals surface area contributed by atoms with Gasteiger partial charge in [0.1, 0.15) is 11.6 Å². The van der Waals surface area contributed by atoms with Crippen LogP contribution in [0.5, 0.6) is 0 Å². The van der Waals surface area contributed by atoms with Gasteiger partial charge in [-0.15, -0.1) is 0 Å². The van der Waals surface area contributed by atoms with E-state index in [1.807, 2.05) is 26.0 Å². The van der Waals surface area contributed by atoms with Gasteiger partial charge < -0.3 is 4.90 Å². The summed E-state index contributed by atoms with van der Waals surface area (Å²) in [5, 5.41) is 0. The van der Waals surface area contributed by atoms with Gasteiger partial charge in [-0.1, -0.05) is 26.0 Å². The van der Waals surface area contributed by atoms with E-state index in [-0.39, 0.29) is 24.0 Å². The van der Waals surface area contributed by atoms with Crippen LogP contribution < -0.4 is 9.21 Å². The number of pyridine rings is 1. The second kappa shape index (κ2) is 8.90. The van der Waals surface area contributed by atoms with E-state index < -0.39 is 10.0 Å². The number of rotatable bonds is 7. The summed E-state index contributed by atoms with van der Waals surface area (Å²) >= 11 is 0. The summed E-state index contributed by atoms with van der Waals surface area (Å²) < 4.78 is 40.6. The minimum atomic E-state index is -3.53. The fourth-order valence-electron chi connectivity index (χ4n) is 3.45. The Morgan fingerprint density at radius 1 is 1.07 bits per heavy atom. The first-order valence-electron chi connectivity index (χ1n) is 9.81. The molecular weight excluding hydrogens is 377 g/mol. The molecule has 152 valence electrons. The maximum atomic E-state index is 13.2. The SMILES string of the molecule is CC(C)CS(=O)(=O)N(Cc1ccc(F)cc1)c1ccc(N2CCCCC2)nc1. The van der Waals surface area contributed by atoms with Gasteiger partial charge in [0.25, 0.3) is 0 Å². The standard InChI is InChI=1S/C21H28FN3O2S/c1-17(2)16-28(26,27)25(15-18-6-8-19(22)9-7-18)20-10-11-21(23-14-20)24-12-4-3-5-13-24/h6-11,14,17H,3-5,12-13,15-16H2,1-2H3. The number of anilines is 2. The van der Waals surface area contributed by atoms with Crippen molar-refractivity contribution < 1.29 is 12.8 Å². The number of aromatic nitrogens is 1. The summed E-state index contributed by atoms with van der Waals surface area (Å²) in [6.45, 7) is 5.88. The topological polar surface area (TPSA) is 53.5 Å². The second-order valence-corrected chi connectivity index (χ2v) is 9.67. The van der Waals surface area contributed by atoms with Crippen molar-refractivity contribution in [2.24, 2.45) is 5.92 Å². The molecule has 1 saturated heterocycles. The van der Waals surface area contributed by atoms with Crippen LogP contribution in [0.25, 0.3) is 0 Å². The fourth-order valence-corrected chi connectivity index (χ4v) is 5.25. The number of nitrogens with zero attached hydrogens (tertiary/aromatic N) is 3. The van der Waals surface area contributed by atoms with E-state index in [1.54, 1.807) is 18.3 Å². The van der Waals surface area contributed by atoms with Crippen molar-refractivity contribution in [2.45, 2.75) is 39.7 Å². The van der Waals surface area contributed by atoms with Gasteiger partial charge in [0.15, 0.2) is 0 Å². The fraction of sp³-hybridized carbons (Fsp3) is 0.476. The molecule has 0 atom stereocenters. The van der Waals surface area contributed by atoms with Crippen LogP contribution in [0, 0.1) is 11.7 Å².